The Kier molecular flexibility index (Phi) is 5.63. The highest BCUT2D eigenvalue weighted by Gasteiger charge is 2.18. The molecule has 0 aliphatic rings. The second-order valence-corrected chi connectivity index (χ2v) is 6.24. The van der Waals surface area contributed by atoms with Gasteiger partial charge in [-0.25, -0.2) is 4.79 Å². The van der Waals surface area contributed by atoms with E-state index in [9.17, 15) is 9.59 Å². The number of para-hydroxylation sites is 1. The monoisotopic (exact) mass is 331 g/mol. The molecule has 1 heterocycles. The molecule has 0 saturated heterocycles. The van der Waals surface area contributed by atoms with Crippen LogP contribution in [0.5, 0.6) is 5.75 Å². The highest BCUT2D eigenvalue weighted by Crippen LogP contribution is 2.14. The summed E-state index contributed by atoms with van der Waals surface area (Å²) in [6.45, 7) is 5.38. The summed E-state index contributed by atoms with van der Waals surface area (Å²) in [6.07, 6.45) is 0. The molecule has 0 aliphatic carbocycles. The molecule has 0 bridgehead atoms. The van der Waals surface area contributed by atoms with E-state index in [4.69, 9.17) is 13.9 Å². The van der Waals surface area contributed by atoms with E-state index in [0.717, 1.165) is 0 Å². The first-order chi connectivity index (χ1) is 11.3. The number of hydrogen-bond donors (Lipinski definition) is 1. The van der Waals surface area contributed by atoms with Gasteiger partial charge < -0.3 is 19.2 Å². The molecule has 0 atom stereocenters. The maximum atomic E-state index is 11.9. The highest BCUT2D eigenvalue weighted by atomic mass is 16.6. The van der Waals surface area contributed by atoms with Crippen LogP contribution in [0.15, 0.2) is 46.9 Å². The fourth-order valence-corrected chi connectivity index (χ4v) is 1.89. The smallest absolute Gasteiger partial charge is 0.374 e. The Bertz CT molecular complexity index is 685. The zero-order valence-corrected chi connectivity index (χ0v) is 14.0. The van der Waals surface area contributed by atoms with Gasteiger partial charge in [-0.05, 0) is 45.0 Å². The van der Waals surface area contributed by atoms with Crippen LogP contribution < -0.4 is 10.1 Å². The molecule has 6 heteroatoms. The number of furan rings is 1. The molecule has 2 rings (SSSR count). The summed E-state index contributed by atoms with van der Waals surface area (Å²) in [5.74, 6) is 0.173. The molecule has 1 N–H and O–H groups in total. The summed E-state index contributed by atoms with van der Waals surface area (Å²) in [7, 11) is 0. The van der Waals surface area contributed by atoms with Crippen LogP contribution in [0.3, 0.4) is 0 Å². The quantitative estimate of drug-likeness (QED) is 0.824. The third-order valence-corrected chi connectivity index (χ3v) is 2.84. The van der Waals surface area contributed by atoms with Crippen molar-refractivity contribution in [3.05, 3.63) is 54.0 Å². The number of benzene rings is 1. The number of carbonyl (C=O) groups is 2. The van der Waals surface area contributed by atoms with Crippen LogP contribution >= 0.6 is 0 Å². The van der Waals surface area contributed by atoms with Crippen LogP contribution in [0, 0.1) is 0 Å². The second-order valence-electron chi connectivity index (χ2n) is 6.24. The summed E-state index contributed by atoms with van der Waals surface area (Å²) < 4.78 is 15.8. The molecule has 0 unspecified atom stereocenters. The van der Waals surface area contributed by atoms with E-state index >= 15 is 0 Å². The van der Waals surface area contributed by atoms with Gasteiger partial charge in [0.05, 0.1) is 0 Å². The number of ether oxygens (including phenoxy) is 2. The molecular formula is C18H21NO5. The molecule has 0 radical (unpaired) electrons. The topological polar surface area (TPSA) is 77.8 Å². The van der Waals surface area contributed by atoms with E-state index in [1.165, 1.54) is 6.07 Å². The first-order valence-electron chi connectivity index (χ1n) is 7.58. The summed E-state index contributed by atoms with van der Waals surface area (Å²) >= 11 is 0. The number of rotatable bonds is 6. The van der Waals surface area contributed by atoms with Gasteiger partial charge in [0.25, 0.3) is 5.91 Å². The van der Waals surface area contributed by atoms with E-state index in [1.807, 2.05) is 51.1 Å². The van der Waals surface area contributed by atoms with Crippen molar-refractivity contribution in [1.82, 2.24) is 5.32 Å². The van der Waals surface area contributed by atoms with E-state index < -0.39 is 5.97 Å². The van der Waals surface area contributed by atoms with Crippen LogP contribution in [0.2, 0.25) is 0 Å². The Balaban J connectivity index is 1.81. The van der Waals surface area contributed by atoms with Gasteiger partial charge in [-0.3, -0.25) is 4.79 Å². The summed E-state index contributed by atoms with van der Waals surface area (Å²) in [5, 5.41) is 2.70. The van der Waals surface area contributed by atoms with Gasteiger partial charge in [-0.15, -0.1) is 0 Å². The summed E-state index contributed by atoms with van der Waals surface area (Å²) in [6, 6.07) is 12.4. The molecular weight excluding hydrogens is 310 g/mol. The van der Waals surface area contributed by atoms with E-state index in [2.05, 4.69) is 5.32 Å². The van der Waals surface area contributed by atoms with Gasteiger partial charge in [0.2, 0.25) is 5.76 Å². The lowest BCUT2D eigenvalue weighted by molar-refractivity contribution is -0.125. The fourth-order valence-electron chi connectivity index (χ4n) is 1.89. The van der Waals surface area contributed by atoms with Crippen LogP contribution in [-0.2, 0) is 16.1 Å². The molecule has 128 valence electrons. The summed E-state index contributed by atoms with van der Waals surface area (Å²) in [4.78, 5) is 23.5. The van der Waals surface area contributed by atoms with Crippen LogP contribution in [-0.4, -0.2) is 24.0 Å². The highest BCUT2D eigenvalue weighted by molar-refractivity contribution is 5.88. The lowest BCUT2D eigenvalue weighted by atomic mass is 10.1. The largest absolute Gasteiger partial charge is 0.486 e. The Hall–Kier alpha value is -2.76. The van der Waals surface area contributed by atoms with Crippen molar-refractivity contribution in [2.45, 2.75) is 32.9 Å². The Morgan fingerprint density at radius 2 is 1.79 bits per heavy atom. The van der Waals surface area contributed by atoms with Crippen molar-refractivity contribution >= 4 is 11.9 Å². The number of amides is 1. The predicted molar refractivity (Wildman–Crippen MR) is 87.7 cm³/mol. The van der Waals surface area contributed by atoms with Gasteiger partial charge in [0.15, 0.2) is 6.61 Å². The maximum absolute atomic E-state index is 11.9. The average molecular weight is 331 g/mol. The minimum absolute atomic E-state index is 0.0326. The lowest BCUT2D eigenvalue weighted by Crippen LogP contribution is -2.42. The molecule has 0 fully saturated rings. The fraction of sp³-hybridized carbons (Fsp3) is 0.333. The van der Waals surface area contributed by atoms with Gasteiger partial charge in [-0.1, -0.05) is 18.2 Å². The first kappa shape index (κ1) is 17.6. The van der Waals surface area contributed by atoms with Crippen molar-refractivity contribution in [2.75, 3.05) is 6.61 Å². The first-order valence-corrected chi connectivity index (χ1v) is 7.58. The van der Waals surface area contributed by atoms with Crippen molar-refractivity contribution in [3.63, 3.8) is 0 Å². The second kappa shape index (κ2) is 7.68. The maximum Gasteiger partial charge on any atom is 0.374 e. The average Bonchev–Trinajstić information content (AvgIpc) is 2.99. The Morgan fingerprint density at radius 1 is 1.08 bits per heavy atom. The van der Waals surface area contributed by atoms with Crippen LogP contribution in [0.4, 0.5) is 0 Å². The number of nitrogens with one attached hydrogen (secondary N) is 1. The Morgan fingerprint density at radius 3 is 2.46 bits per heavy atom. The van der Waals surface area contributed by atoms with Crippen molar-refractivity contribution < 1.29 is 23.5 Å². The number of hydrogen-bond acceptors (Lipinski definition) is 5. The molecule has 0 spiro atoms. The van der Waals surface area contributed by atoms with Gasteiger partial charge >= 0.3 is 5.97 Å². The van der Waals surface area contributed by atoms with Gasteiger partial charge in [-0.2, -0.15) is 0 Å². The standard InChI is InChI=1S/C18H21NO5/c1-18(2,3)19-16(20)12-23-17(21)15-10-9-14(24-15)11-22-13-7-5-4-6-8-13/h4-10H,11-12H2,1-3H3,(H,19,20). The van der Waals surface area contributed by atoms with Crippen molar-refractivity contribution in [2.24, 2.45) is 0 Å². The minimum Gasteiger partial charge on any atom is -0.486 e. The molecule has 1 aromatic carbocycles. The van der Waals surface area contributed by atoms with Crippen LogP contribution in [0.1, 0.15) is 37.1 Å². The molecule has 1 aromatic heterocycles. The molecule has 0 aliphatic heterocycles. The molecule has 0 saturated carbocycles. The molecule has 24 heavy (non-hydrogen) atoms. The zero-order chi connectivity index (χ0) is 17.6. The lowest BCUT2D eigenvalue weighted by Gasteiger charge is -2.20. The zero-order valence-electron chi connectivity index (χ0n) is 14.0. The molecule has 6 nitrogen and oxygen atoms in total. The minimum atomic E-state index is -0.690. The number of esters is 1. The normalized spacial score (nSPS) is 11.0. The predicted octanol–water partition coefficient (Wildman–Crippen LogP) is 2.93. The third-order valence-electron chi connectivity index (χ3n) is 2.84. The van der Waals surface area contributed by atoms with E-state index in [1.54, 1.807) is 6.07 Å². The molecule has 1 amide bonds. The van der Waals surface area contributed by atoms with Gasteiger partial charge in [0.1, 0.15) is 18.1 Å². The van der Waals surface area contributed by atoms with E-state index in [0.29, 0.717) is 11.5 Å². The van der Waals surface area contributed by atoms with E-state index in [-0.39, 0.29) is 30.4 Å². The number of carbonyl (C=O) groups excluding carboxylic acids is 2. The van der Waals surface area contributed by atoms with Crippen molar-refractivity contribution in [3.8, 4) is 5.75 Å². The third kappa shape index (κ3) is 5.79. The molecule has 2 aromatic rings. The van der Waals surface area contributed by atoms with Gasteiger partial charge in [0, 0.05) is 5.54 Å². The Labute approximate surface area is 140 Å². The van der Waals surface area contributed by atoms with Crippen molar-refractivity contribution in [1.29, 1.82) is 0 Å². The SMILES string of the molecule is CC(C)(C)NC(=O)COC(=O)c1ccc(COc2ccccc2)o1. The summed E-state index contributed by atoms with van der Waals surface area (Å²) in [5.41, 5.74) is -0.379. The van der Waals surface area contributed by atoms with Crippen LogP contribution in [0.25, 0.3) is 0 Å².